The fraction of sp³-hybridized carbons (Fsp3) is 0.174. The lowest BCUT2D eigenvalue weighted by Gasteiger charge is -2.34. The lowest BCUT2D eigenvalue weighted by atomic mass is 9.96. The highest BCUT2D eigenvalue weighted by Crippen LogP contribution is 2.28. The minimum atomic E-state index is -0.614. The summed E-state index contributed by atoms with van der Waals surface area (Å²) in [5, 5.41) is 9.75. The number of anilines is 1. The molecule has 0 spiro atoms. The number of rotatable bonds is 6. The molecule has 4 rings (SSSR count). The topological polar surface area (TPSA) is 83.1 Å². The van der Waals surface area contributed by atoms with Crippen molar-refractivity contribution in [2.24, 2.45) is 0 Å². The van der Waals surface area contributed by atoms with Crippen LogP contribution in [0.15, 0.2) is 73.1 Å². The first kappa shape index (κ1) is 20.1. The molecule has 3 aromatic rings. The van der Waals surface area contributed by atoms with E-state index in [1.165, 1.54) is 0 Å². The van der Waals surface area contributed by atoms with Crippen molar-refractivity contribution in [3.63, 3.8) is 0 Å². The van der Waals surface area contributed by atoms with Gasteiger partial charge in [-0.1, -0.05) is 48.0 Å². The molecular formula is C23H21ClN4O2. The van der Waals surface area contributed by atoms with Gasteiger partial charge in [0, 0.05) is 40.7 Å². The Kier molecular flexibility index (Phi) is 6.07. The molecule has 30 heavy (non-hydrogen) atoms. The van der Waals surface area contributed by atoms with E-state index in [1.807, 2.05) is 30.3 Å². The third kappa shape index (κ3) is 4.67. The number of hydrogen-bond acceptors (Lipinski definition) is 5. The molecule has 7 heteroatoms. The zero-order valence-corrected chi connectivity index (χ0v) is 16.9. The molecule has 0 saturated carbocycles. The number of halogens is 1. The second-order valence-electron chi connectivity index (χ2n) is 7.08. The number of carbonyl (C=O) groups is 2. The van der Waals surface area contributed by atoms with Crippen LogP contribution in [0.5, 0.6) is 0 Å². The first-order valence-electron chi connectivity index (χ1n) is 9.70. The van der Waals surface area contributed by atoms with Crippen LogP contribution in [0.25, 0.3) is 0 Å². The molecule has 2 aromatic carbocycles. The highest BCUT2D eigenvalue weighted by atomic mass is 35.5. The molecule has 1 aliphatic rings. The Bertz CT molecular complexity index is 1060. The van der Waals surface area contributed by atoms with Crippen LogP contribution in [-0.4, -0.2) is 23.0 Å². The van der Waals surface area contributed by atoms with Crippen molar-refractivity contribution in [3.05, 3.63) is 94.8 Å². The van der Waals surface area contributed by atoms with Crippen LogP contribution in [0.1, 0.15) is 33.9 Å². The Morgan fingerprint density at radius 2 is 1.90 bits per heavy atom. The summed E-state index contributed by atoms with van der Waals surface area (Å²) in [4.78, 5) is 29.8. The Labute approximate surface area is 179 Å². The summed E-state index contributed by atoms with van der Waals surface area (Å²) in [6, 6.07) is 17.8. The third-order valence-electron chi connectivity index (χ3n) is 4.98. The van der Waals surface area contributed by atoms with Gasteiger partial charge in [-0.2, -0.15) is 0 Å². The molecule has 0 saturated heterocycles. The molecule has 1 aromatic heterocycles. The predicted octanol–water partition coefficient (Wildman–Crippen LogP) is 3.71. The van der Waals surface area contributed by atoms with Gasteiger partial charge >= 0.3 is 0 Å². The van der Waals surface area contributed by atoms with Gasteiger partial charge in [-0.05, 0) is 36.2 Å². The smallest absolute Gasteiger partial charge is 0.253 e. The number of nitrogens with one attached hydrogen (secondary N) is 3. The van der Waals surface area contributed by atoms with Crippen LogP contribution in [0, 0.1) is 0 Å². The minimum Gasteiger partial charge on any atom is -0.353 e. The van der Waals surface area contributed by atoms with Gasteiger partial charge in [0.1, 0.15) is 0 Å². The van der Waals surface area contributed by atoms with Gasteiger partial charge in [0.25, 0.3) is 5.91 Å². The summed E-state index contributed by atoms with van der Waals surface area (Å²) in [5.41, 5.74) is 3.08. The maximum atomic E-state index is 13.0. The van der Waals surface area contributed by atoms with Gasteiger partial charge in [0.2, 0.25) is 0 Å². The van der Waals surface area contributed by atoms with Crippen molar-refractivity contribution in [1.82, 2.24) is 15.6 Å². The standard InChI is InChI=1S/C23H21ClN4O2/c24-17-8-4-7-16(13-17)22(30)28-23-26-19-11-12-25-14-18(19)21(27-23)20(29)10-9-15-5-2-1-3-6-15/h1-8,11-14,21,23,26-27H,9-10H2,(H,28,30). The second kappa shape index (κ2) is 9.07. The van der Waals surface area contributed by atoms with Crippen molar-refractivity contribution in [2.75, 3.05) is 5.32 Å². The Morgan fingerprint density at radius 3 is 2.70 bits per heavy atom. The fourth-order valence-corrected chi connectivity index (χ4v) is 3.66. The number of Topliss-reactive ketones (excluding diaryl/α,β-unsaturated/α-hetero) is 1. The monoisotopic (exact) mass is 420 g/mol. The van der Waals surface area contributed by atoms with Gasteiger partial charge < -0.3 is 10.6 Å². The molecule has 0 bridgehead atoms. The Hall–Kier alpha value is -3.22. The summed E-state index contributed by atoms with van der Waals surface area (Å²) in [6.45, 7) is 0. The minimum absolute atomic E-state index is 0.0385. The molecule has 6 nitrogen and oxygen atoms in total. The van der Waals surface area contributed by atoms with Gasteiger partial charge in [-0.3, -0.25) is 19.9 Å². The van der Waals surface area contributed by atoms with Crippen LogP contribution in [0.4, 0.5) is 5.69 Å². The van der Waals surface area contributed by atoms with Crippen molar-refractivity contribution in [1.29, 1.82) is 0 Å². The first-order valence-corrected chi connectivity index (χ1v) is 10.1. The average Bonchev–Trinajstić information content (AvgIpc) is 2.77. The number of fused-ring (bicyclic) bond motifs is 1. The normalized spacial score (nSPS) is 17.5. The van der Waals surface area contributed by atoms with Crippen LogP contribution in [0.2, 0.25) is 5.02 Å². The molecule has 2 atom stereocenters. The number of benzene rings is 2. The zero-order chi connectivity index (χ0) is 20.9. The zero-order valence-electron chi connectivity index (χ0n) is 16.1. The summed E-state index contributed by atoms with van der Waals surface area (Å²) in [5.74, 6) is -0.257. The van der Waals surface area contributed by atoms with E-state index < -0.39 is 12.3 Å². The lowest BCUT2D eigenvalue weighted by Crippen LogP contribution is -2.55. The molecule has 0 radical (unpaired) electrons. The number of carbonyl (C=O) groups excluding carboxylic acids is 2. The van der Waals surface area contributed by atoms with E-state index in [2.05, 4.69) is 20.9 Å². The summed E-state index contributed by atoms with van der Waals surface area (Å²) in [7, 11) is 0. The number of ketones is 1. The first-order chi connectivity index (χ1) is 14.6. The second-order valence-corrected chi connectivity index (χ2v) is 7.51. The number of nitrogens with zero attached hydrogens (tertiary/aromatic N) is 1. The molecule has 2 unspecified atom stereocenters. The van der Waals surface area contributed by atoms with Crippen LogP contribution in [-0.2, 0) is 11.2 Å². The molecule has 0 aliphatic carbocycles. The number of amides is 1. The van der Waals surface area contributed by atoms with Gasteiger partial charge in [-0.25, -0.2) is 0 Å². The van der Waals surface area contributed by atoms with E-state index in [-0.39, 0.29) is 11.7 Å². The van der Waals surface area contributed by atoms with Crippen molar-refractivity contribution < 1.29 is 9.59 Å². The van der Waals surface area contributed by atoms with Gasteiger partial charge in [0.15, 0.2) is 12.1 Å². The highest BCUT2D eigenvalue weighted by molar-refractivity contribution is 6.30. The van der Waals surface area contributed by atoms with Crippen molar-refractivity contribution >= 4 is 29.0 Å². The fourth-order valence-electron chi connectivity index (χ4n) is 3.47. The van der Waals surface area contributed by atoms with Crippen LogP contribution in [0.3, 0.4) is 0 Å². The van der Waals surface area contributed by atoms with E-state index in [9.17, 15) is 9.59 Å². The number of aryl methyl sites for hydroxylation is 1. The summed E-state index contributed by atoms with van der Waals surface area (Å²) >= 11 is 5.99. The van der Waals surface area contributed by atoms with E-state index >= 15 is 0 Å². The molecule has 3 N–H and O–H groups in total. The SMILES string of the molecule is O=C(NC1Nc2ccncc2C(C(=O)CCc2ccccc2)N1)c1cccc(Cl)c1. The average molecular weight is 421 g/mol. The molecule has 2 heterocycles. The number of pyridine rings is 1. The molecule has 152 valence electrons. The Morgan fingerprint density at radius 1 is 1.07 bits per heavy atom. The summed E-state index contributed by atoms with van der Waals surface area (Å²) in [6.07, 6.45) is 3.75. The lowest BCUT2D eigenvalue weighted by molar-refractivity contribution is -0.121. The van der Waals surface area contributed by atoms with Crippen molar-refractivity contribution in [3.8, 4) is 0 Å². The van der Waals surface area contributed by atoms with E-state index in [4.69, 9.17) is 11.6 Å². The highest BCUT2D eigenvalue weighted by Gasteiger charge is 2.31. The van der Waals surface area contributed by atoms with Crippen LogP contribution >= 0.6 is 11.6 Å². The van der Waals surface area contributed by atoms with E-state index in [0.717, 1.165) is 16.8 Å². The third-order valence-corrected chi connectivity index (χ3v) is 5.22. The van der Waals surface area contributed by atoms with Crippen LogP contribution < -0.4 is 16.0 Å². The molecule has 1 amide bonds. The number of aromatic nitrogens is 1. The van der Waals surface area contributed by atoms with Gasteiger partial charge in [-0.15, -0.1) is 0 Å². The molecule has 0 fully saturated rings. The van der Waals surface area contributed by atoms with E-state index in [1.54, 1.807) is 42.7 Å². The summed E-state index contributed by atoms with van der Waals surface area (Å²) < 4.78 is 0. The predicted molar refractivity (Wildman–Crippen MR) is 116 cm³/mol. The largest absolute Gasteiger partial charge is 0.353 e. The Balaban J connectivity index is 1.49. The number of hydrogen-bond donors (Lipinski definition) is 3. The molecule has 1 aliphatic heterocycles. The maximum Gasteiger partial charge on any atom is 0.253 e. The quantitative estimate of drug-likeness (QED) is 0.566. The maximum absolute atomic E-state index is 13.0. The van der Waals surface area contributed by atoms with E-state index in [0.29, 0.717) is 23.4 Å². The van der Waals surface area contributed by atoms with Gasteiger partial charge in [0.05, 0.1) is 6.04 Å². The molecular weight excluding hydrogens is 400 g/mol. The van der Waals surface area contributed by atoms with Crippen molar-refractivity contribution in [2.45, 2.75) is 25.2 Å².